The van der Waals surface area contributed by atoms with Gasteiger partial charge in [-0.3, -0.25) is 37.3 Å². The van der Waals surface area contributed by atoms with E-state index in [4.69, 9.17) is 37.0 Å². The Balaban J connectivity index is 5.00. The molecule has 0 aromatic carbocycles. The highest BCUT2D eigenvalue weighted by atomic mass is 31.2. The van der Waals surface area contributed by atoms with Crippen molar-refractivity contribution in [3.63, 3.8) is 0 Å². The Morgan fingerprint density at radius 3 is 0.702 bits per heavy atom. The zero-order chi connectivity index (χ0) is 61.9. The van der Waals surface area contributed by atoms with E-state index in [9.17, 15) is 43.2 Å². The predicted molar refractivity (Wildman–Crippen MR) is 335 cm³/mol. The van der Waals surface area contributed by atoms with E-state index < -0.39 is 97.5 Å². The fourth-order valence-electron chi connectivity index (χ4n) is 9.81. The third-order valence-corrected chi connectivity index (χ3v) is 17.0. The molecule has 0 saturated heterocycles. The van der Waals surface area contributed by atoms with Crippen molar-refractivity contribution in [3.05, 3.63) is 0 Å². The van der Waals surface area contributed by atoms with Crippen molar-refractivity contribution in [1.29, 1.82) is 0 Å². The van der Waals surface area contributed by atoms with Crippen LogP contribution in [0.15, 0.2) is 0 Å². The van der Waals surface area contributed by atoms with Crippen LogP contribution in [0.25, 0.3) is 0 Å². The van der Waals surface area contributed by atoms with Gasteiger partial charge < -0.3 is 33.8 Å². The number of phosphoric acid groups is 2. The molecule has 0 aliphatic rings. The van der Waals surface area contributed by atoms with Crippen molar-refractivity contribution >= 4 is 39.5 Å². The van der Waals surface area contributed by atoms with Gasteiger partial charge in [0.15, 0.2) is 12.2 Å². The van der Waals surface area contributed by atoms with Crippen LogP contribution in [0.4, 0.5) is 0 Å². The molecule has 0 fully saturated rings. The first-order valence-corrected chi connectivity index (χ1v) is 37.3. The molecule has 0 aromatic rings. The second-order valence-electron chi connectivity index (χ2n) is 23.5. The Morgan fingerprint density at radius 1 is 0.286 bits per heavy atom. The second kappa shape index (κ2) is 60.0. The molecule has 0 radical (unpaired) electrons. The third kappa shape index (κ3) is 59.0. The number of hydrogen-bond acceptors (Lipinski definition) is 15. The van der Waals surface area contributed by atoms with Gasteiger partial charge in [0.05, 0.1) is 26.4 Å². The molecular formula is C65H126O17P2. The largest absolute Gasteiger partial charge is 0.472 e. The normalized spacial score (nSPS) is 14.1. The van der Waals surface area contributed by atoms with Crippen molar-refractivity contribution in [2.24, 2.45) is 0 Å². The molecule has 0 amide bonds. The monoisotopic (exact) mass is 1240 g/mol. The number of phosphoric ester groups is 2. The number of hydrogen-bond donors (Lipinski definition) is 3. The average molecular weight is 1240 g/mol. The van der Waals surface area contributed by atoms with Crippen molar-refractivity contribution in [1.82, 2.24) is 0 Å². The molecule has 0 aliphatic heterocycles. The molecule has 2 unspecified atom stereocenters. The number of esters is 4. The molecule has 0 heterocycles. The number of carbonyl (C=O) groups excluding carboxylic acids is 4. The SMILES string of the molecule is CCCCCCCCCCCCCCCCCCCCCCCCC(=O)O[C@H](COC(=O)CCCCCCCCCCCCCC)COP(=O)(O)OC[C@@H](O)COP(=O)(O)OC[C@@H](COC(=O)CCCCCCC)OC(=O)CCCCCCC. The molecule has 3 N–H and O–H groups in total. The van der Waals surface area contributed by atoms with Crippen molar-refractivity contribution < 1.29 is 80.2 Å². The highest BCUT2D eigenvalue weighted by molar-refractivity contribution is 7.47. The minimum absolute atomic E-state index is 0.0992. The van der Waals surface area contributed by atoms with Gasteiger partial charge in [0, 0.05) is 25.7 Å². The summed E-state index contributed by atoms with van der Waals surface area (Å²) in [6.45, 7) is 4.71. The molecule has 0 aromatic heterocycles. The average Bonchev–Trinajstić information content (AvgIpc) is 3.58. The molecule has 498 valence electrons. The summed E-state index contributed by atoms with van der Waals surface area (Å²) < 4.78 is 67.6. The zero-order valence-corrected chi connectivity index (χ0v) is 55.7. The summed E-state index contributed by atoms with van der Waals surface area (Å²) in [6.07, 6.45) is 46.9. The first-order chi connectivity index (χ1) is 40.7. The van der Waals surface area contributed by atoms with Crippen LogP contribution in [0.3, 0.4) is 0 Å². The maximum absolute atomic E-state index is 13.0. The number of rotatable bonds is 66. The second-order valence-corrected chi connectivity index (χ2v) is 26.4. The van der Waals surface area contributed by atoms with Crippen LogP contribution < -0.4 is 0 Å². The minimum atomic E-state index is -4.94. The summed E-state index contributed by atoms with van der Waals surface area (Å²) in [6, 6.07) is 0. The maximum Gasteiger partial charge on any atom is 0.472 e. The summed E-state index contributed by atoms with van der Waals surface area (Å²) >= 11 is 0. The lowest BCUT2D eigenvalue weighted by atomic mass is 10.0. The number of carbonyl (C=O) groups is 4. The molecule has 0 spiro atoms. The molecule has 17 nitrogen and oxygen atoms in total. The first kappa shape index (κ1) is 82.1. The standard InChI is InChI=1S/C65H126O17P2/c1-5-9-13-17-19-21-23-25-26-27-28-29-30-31-32-33-34-36-38-40-44-48-52-65(70)82-61(56-76-63(68)50-46-43-39-37-35-24-22-20-18-14-10-6-2)58-80-84(73,74)78-54-59(66)53-77-83(71,72)79-57-60(81-64(69)51-47-42-16-12-8-4)55-75-62(67)49-45-41-15-11-7-3/h59-61,66H,5-58H2,1-4H3,(H,71,72)(H,73,74)/t59-,60+,61+/m0/s1. The summed E-state index contributed by atoms with van der Waals surface area (Å²) in [5.74, 6) is -2.15. The van der Waals surface area contributed by atoms with Gasteiger partial charge in [-0.05, 0) is 25.7 Å². The first-order valence-electron chi connectivity index (χ1n) is 34.3. The Morgan fingerprint density at radius 2 is 0.476 bits per heavy atom. The van der Waals surface area contributed by atoms with Crippen LogP contribution in [-0.2, 0) is 65.4 Å². The molecule has 0 bridgehead atoms. The quantitative estimate of drug-likeness (QED) is 0.0222. The van der Waals surface area contributed by atoms with Gasteiger partial charge in [0.2, 0.25) is 0 Å². The Labute approximate surface area is 511 Å². The van der Waals surface area contributed by atoms with Gasteiger partial charge in [0.25, 0.3) is 0 Å². The smallest absolute Gasteiger partial charge is 0.462 e. The number of ether oxygens (including phenoxy) is 4. The number of unbranched alkanes of at least 4 members (excludes halogenated alkanes) is 40. The summed E-state index contributed by atoms with van der Waals surface area (Å²) in [4.78, 5) is 71.7. The topological polar surface area (TPSA) is 237 Å². The lowest BCUT2D eigenvalue weighted by Gasteiger charge is -2.21. The van der Waals surface area contributed by atoms with Crippen LogP contribution in [-0.4, -0.2) is 96.7 Å². The zero-order valence-electron chi connectivity index (χ0n) is 53.9. The lowest BCUT2D eigenvalue weighted by Crippen LogP contribution is -2.30. The molecule has 0 rings (SSSR count). The van der Waals surface area contributed by atoms with Crippen molar-refractivity contribution in [3.8, 4) is 0 Å². The van der Waals surface area contributed by atoms with Crippen LogP contribution in [0.2, 0.25) is 0 Å². The Bertz CT molecular complexity index is 1620. The lowest BCUT2D eigenvalue weighted by molar-refractivity contribution is -0.161. The Kier molecular flexibility index (Phi) is 58.6. The van der Waals surface area contributed by atoms with Gasteiger partial charge in [-0.2, -0.15) is 0 Å². The fraction of sp³-hybridized carbons (Fsp3) is 0.938. The van der Waals surface area contributed by atoms with Crippen LogP contribution in [0, 0.1) is 0 Å². The molecule has 0 aliphatic carbocycles. The van der Waals surface area contributed by atoms with Gasteiger partial charge >= 0.3 is 39.5 Å². The van der Waals surface area contributed by atoms with Crippen molar-refractivity contribution in [2.45, 2.75) is 354 Å². The third-order valence-electron chi connectivity index (χ3n) is 15.1. The van der Waals surface area contributed by atoms with E-state index in [1.165, 1.54) is 161 Å². The molecule has 0 saturated carbocycles. The van der Waals surface area contributed by atoms with Crippen LogP contribution >= 0.6 is 15.6 Å². The number of aliphatic hydroxyl groups excluding tert-OH is 1. The van der Waals surface area contributed by atoms with E-state index in [0.29, 0.717) is 25.7 Å². The van der Waals surface area contributed by atoms with Gasteiger partial charge in [-0.1, -0.05) is 285 Å². The van der Waals surface area contributed by atoms with Crippen molar-refractivity contribution in [2.75, 3.05) is 39.6 Å². The summed E-state index contributed by atoms with van der Waals surface area (Å²) in [5.41, 5.74) is 0. The highest BCUT2D eigenvalue weighted by Gasteiger charge is 2.30. The van der Waals surface area contributed by atoms with E-state index in [1.54, 1.807) is 0 Å². The fourth-order valence-corrected chi connectivity index (χ4v) is 11.4. The van der Waals surface area contributed by atoms with Gasteiger partial charge in [0.1, 0.15) is 19.3 Å². The van der Waals surface area contributed by atoms with E-state index in [2.05, 4.69) is 27.7 Å². The molecule has 19 heteroatoms. The number of aliphatic hydroxyl groups is 1. The summed E-state index contributed by atoms with van der Waals surface area (Å²) in [7, 11) is -9.86. The van der Waals surface area contributed by atoms with Gasteiger partial charge in [-0.15, -0.1) is 0 Å². The predicted octanol–water partition coefficient (Wildman–Crippen LogP) is 18.3. The van der Waals surface area contributed by atoms with Crippen LogP contribution in [0.1, 0.15) is 336 Å². The molecule has 84 heavy (non-hydrogen) atoms. The Hall–Kier alpha value is -1.94. The summed E-state index contributed by atoms with van der Waals surface area (Å²) in [5, 5.41) is 10.5. The highest BCUT2D eigenvalue weighted by Crippen LogP contribution is 2.45. The molecular weight excluding hydrogens is 1110 g/mol. The van der Waals surface area contributed by atoms with E-state index in [-0.39, 0.29) is 25.7 Å². The maximum atomic E-state index is 13.0. The van der Waals surface area contributed by atoms with E-state index >= 15 is 0 Å². The van der Waals surface area contributed by atoms with Crippen LogP contribution in [0.5, 0.6) is 0 Å². The van der Waals surface area contributed by atoms with E-state index in [0.717, 1.165) is 96.3 Å². The molecule has 5 atom stereocenters. The minimum Gasteiger partial charge on any atom is -0.462 e. The van der Waals surface area contributed by atoms with Gasteiger partial charge in [-0.25, -0.2) is 9.13 Å². The van der Waals surface area contributed by atoms with E-state index in [1.807, 2.05) is 0 Å².